The highest BCUT2D eigenvalue weighted by atomic mass is 16.5. The number of ether oxygens (including phenoxy) is 1. The van der Waals surface area contributed by atoms with E-state index in [9.17, 15) is 9.59 Å². The van der Waals surface area contributed by atoms with E-state index in [1.54, 1.807) is 30.2 Å². The van der Waals surface area contributed by atoms with Crippen molar-refractivity contribution in [2.75, 3.05) is 44.2 Å². The molecular formula is C27H33N3O5. The Labute approximate surface area is 206 Å². The summed E-state index contributed by atoms with van der Waals surface area (Å²) in [5.74, 6) is 2.67. The van der Waals surface area contributed by atoms with Gasteiger partial charge in [0.1, 0.15) is 23.0 Å². The predicted molar refractivity (Wildman–Crippen MR) is 133 cm³/mol. The van der Waals surface area contributed by atoms with Gasteiger partial charge in [0.05, 0.1) is 30.7 Å². The number of para-hydroxylation sites is 2. The maximum absolute atomic E-state index is 13.3. The molecule has 8 heteroatoms. The largest absolute Gasteiger partial charge is 0.492 e. The molecular weight excluding hydrogens is 446 g/mol. The van der Waals surface area contributed by atoms with Gasteiger partial charge in [0.15, 0.2) is 0 Å². The zero-order valence-electron chi connectivity index (χ0n) is 20.7. The molecule has 8 nitrogen and oxygen atoms in total. The molecule has 186 valence electrons. The number of rotatable bonds is 9. The molecule has 0 aliphatic carbocycles. The van der Waals surface area contributed by atoms with Crippen molar-refractivity contribution >= 4 is 17.5 Å². The van der Waals surface area contributed by atoms with Crippen LogP contribution in [0.2, 0.25) is 0 Å². The lowest BCUT2D eigenvalue weighted by Crippen LogP contribution is -2.49. The van der Waals surface area contributed by atoms with Crippen molar-refractivity contribution < 1.29 is 23.2 Å². The molecule has 4 rings (SSSR count). The van der Waals surface area contributed by atoms with Crippen LogP contribution in [0.15, 0.2) is 57.6 Å². The quantitative estimate of drug-likeness (QED) is 0.456. The molecule has 1 saturated heterocycles. The van der Waals surface area contributed by atoms with E-state index in [4.69, 9.17) is 13.6 Å². The highest BCUT2D eigenvalue weighted by molar-refractivity contribution is 5.95. The number of hydrogen-bond acceptors (Lipinski definition) is 6. The monoisotopic (exact) mass is 479 g/mol. The second-order valence-electron chi connectivity index (χ2n) is 8.65. The Bertz CT molecular complexity index is 1130. The summed E-state index contributed by atoms with van der Waals surface area (Å²) in [5.41, 5.74) is 1.57. The summed E-state index contributed by atoms with van der Waals surface area (Å²) < 4.78 is 16.8. The first-order valence-corrected chi connectivity index (χ1v) is 12.1. The van der Waals surface area contributed by atoms with Crippen molar-refractivity contribution in [1.29, 1.82) is 0 Å². The second-order valence-corrected chi connectivity index (χ2v) is 8.65. The van der Waals surface area contributed by atoms with Crippen LogP contribution in [0, 0.1) is 13.8 Å². The molecule has 2 aromatic heterocycles. The first kappa shape index (κ1) is 24.4. The number of nitrogens with zero attached hydrogens (tertiary/aromatic N) is 3. The minimum absolute atomic E-state index is 0.0417. The molecule has 0 bridgehead atoms. The van der Waals surface area contributed by atoms with E-state index < -0.39 is 0 Å². The third-order valence-electron chi connectivity index (χ3n) is 6.22. The number of piperazine rings is 1. The number of carbonyl (C=O) groups is 2. The smallest absolute Gasteiger partial charge is 0.257 e. The van der Waals surface area contributed by atoms with Crippen molar-refractivity contribution in [1.82, 2.24) is 9.80 Å². The lowest BCUT2D eigenvalue weighted by atomic mass is 10.2. The third-order valence-corrected chi connectivity index (χ3v) is 6.22. The van der Waals surface area contributed by atoms with Crippen LogP contribution in [-0.2, 0) is 11.3 Å². The van der Waals surface area contributed by atoms with E-state index >= 15 is 0 Å². The zero-order chi connectivity index (χ0) is 24.8. The molecule has 1 aliphatic rings. The maximum Gasteiger partial charge on any atom is 0.257 e. The highest BCUT2D eigenvalue weighted by Gasteiger charge is 2.26. The lowest BCUT2D eigenvalue weighted by molar-refractivity contribution is -0.131. The lowest BCUT2D eigenvalue weighted by Gasteiger charge is -2.37. The fourth-order valence-electron chi connectivity index (χ4n) is 4.44. The van der Waals surface area contributed by atoms with Crippen molar-refractivity contribution in [3.05, 3.63) is 71.6 Å². The third kappa shape index (κ3) is 5.88. The van der Waals surface area contributed by atoms with Gasteiger partial charge in [-0.15, -0.1) is 0 Å². The molecule has 0 N–H and O–H groups in total. The van der Waals surface area contributed by atoms with E-state index in [1.165, 1.54) is 0 Å². The van der Waals surface area contributed by atoms with Gasteiger partial charge in [-0.25, -0.2) is 0 Å². The Morgan fingerprint density at radius 3 is 2.49 bits per heavy atom. The fraction of sp³-hybridized carbons (Fsp3) is 0.407. The van der Waals surface area contributed by atoms with Gasteiger partial charge in [-0.2, -0.15) is 0 Å². The van der Waals surface area contributed by atoms with E-state index in [-0.39, 0.29) is 18.2 Å². The van der Waals surface area contributed by atoms with Crippen molar-refractivity contribution in [2.45, 2.75) is 33.7 Å². The van der Waals surface area contributed by atoms with Gasteiger partial charge in [0.25, 0.3) is 5.91 Å². The van der Waals surface area contributed by atoms with Crippen LogP contribution in [0.25, 0.3) is 0 Å². The van der Waals surface area contributed by atoms with Crippen molar-refractivity contribution in [3.8, 4) is 5.75 Å². The number of benzene rings is 1. The number of furan rings is 2. The molecule has 2 amide bonds. The number of carbonyl (C=O) groups excluding carboxylic acids is 2. The maximum atomic E-state index is 13.3. The first-order chi connectivity index (χ1) is 17.0. The van der Waals surface area contributed by atoms with Gasteiger partial charge in [-0.05, 0) is 51.1 Å². The van der Waals surface area contributed by atoms with E-state index in [2.05, 4.69) is 11.0 Å². The zero-order valence-corrected chi connectivity index (χ0v) is 20.7. The van der Waals surface area contributed by atoms with Crippen LogP contribution < -0.4 is 9.64 Å². The van der Waals surface area contributed by atoms with E-state index in [1.807, 2.05) is 43.0 Å². The molecule has 0 unspecified atom stereocenters. The summed E-state index contributed by atoms with van der Waals surface area (Å²) in [5, 5.41) is 0. The van der Waals surface area contributed by atoms with Crippen LogP contribution in [0.4, 0.5) is 5.69 Å². The SMILES string of the molecule is CCOc1ccccc1N1CCN(C(=O)CCN(Cc2ccco2)C(=O)c2cc(C)oc2C)CC1. The fourth-order valence-corrected chi connectivity index (χ4v) is 4.44. The molecule has 0 spiro atoms. The Hall–Kier alpha value is -3.68. The summed E-state index contributed by atoms with van der Waals surface area (Å²) >= 11 is 0. The van der Waals surface area contributed by atoms with Crippen LogP contribution in [0.3, 0.4) is 0 Å². The average Bonchev–Trinajstić information content (AvgIpc) is 3.50. The first-order valence-electron chi connectivity index (χ1n) is 12.1. The Morgan fingerprint density at radius 1 is 1.06 bits per heavy atom. The molecule has 1 aliphatic heterocycles. The van der Waals surface area contributed by atoms with Gasteiger partial charge in [-0.3, -0.25) is 9.59 Å². The van der Waals surface area contributed by atoms with Crippen LogP contribution in [0.5, 0.6) is 5.75 Å². The Morgan fingerprint density at radius 2 is 1.83 bits per heavy atom. The molecule has 3 aromatic rings. The average molecular weight is 480 g/mol. The van der Waals surface area contributed by atoms with Crippen LogP contribution in [0.1, 0.15) is 41.0 Å². The van der Waals surface area contributed by atoms with Gasteiger partial charge < -0.3 is 28.3 Å². The normalized spacial score (nSPS) is 13.7. The van der Waals surface area contributed by atoms with Gasteiger partial charge >= 0.3 is 0 Å². The standard InChI is InChI=1S/C27H33N3O5/c1-4-33-25-10-6-5-9-24(25)28-13-15-29(16-14-28)26(31)11-12-30(19-22-8-7-17-34-22)27(32)23-18-20(2)35-21(23)3/h5-10,17-18H,4,11-16,19H2,1-3H3. The Balaban J connectivity index is 1.36. The number of amides is 2. The summed E-state index contributed by atoms with van der Waals surface area (Å²) in [7, 11) is 0. The summed E-state index contributed by atoms with van der Waals surface area (Å²) in [4.78, 5) is 32.1. The molecule has 0 atom stereocenters. The molecule has 0 saturated carbocycles. The number of hydrogen-bond donors (Lipinski definition) is 0. The molecule has 1 fully saturated rings. The van der Waals surface area contributed by atoms with Gasteiger partial charge in [-0.1, -0.05) is 12.1 Å². The molecule has 1 aromatic carbocycles. The van der Waals surface area contributed by atoms with Crippen molar-refractivity contribution in [2.24, 2.45) is 0 Å². The van der Waals surface area contributed by atoms with Crippen LogP contribution in [-0.4, -0.2) is 60.9 Å². The van der Waals surface area contributed by atoms with Gasteiger partial charge in [0, 0.05) is 39.1 Å². The highest BCUT2D eigenvalue weighted by Crippen LogP contribution is 2.29. The predicted octanol–water partition coefficient (Wildman–Crippen LogP) is 4.27. The van der Waals surface area contributed by atoms with E-state index in [0.29, 0.717) is 55.6 Å². The summed E-state index contributed by atoms with van der Waals surface area (Å²) in [6, 6.07) is 13.4. The van der Waals surface area contributed by atoms with Crippen LogP contribution >= 0.6 is 0 Å². The van der Waals surface area contributed by atoms with Crippen molar-refractivity contribution in [3.63, 3.8) is 0 Å². The minimum Gasteiger partial charge on any atom is -0.492 e. The number of aryl methyl sites for hydroxylation is 2. The minimum atomic E-state index is -0.166. The Kier molecular flexibility index (Phi) is 7.80. The number of anilines is 1. The summed E-state index contributed by atoms with van der Waals surface area (Å²) in [6.07, 6.45) is 1.83. The van der Waals surface area contributed by atoms with E-state index in [0.717, 1.165) is 24.5 Å². The molecule has 0 radical (unpaired) electrons. The van der Waals surface area contributed by atoms with Gasteiger partial charge in [0.2, 0.25) is 5.91 Å². The second kappa shape index (κ2) is 11.2. The molecule has 3 heterocycles. The topological polar surface area (TPSA) is 79.4 Å². The summed E-state index contributed by atoms with van der Waals surface area (Å²) in [6.45, 7) is 9.51. The molecule has 35 heavy (non-hydrogen) atoms.